The van der Waals surface area contributed by atoms with Gasteiger partial charge in [0.2, 0.25) is 12.4 Å². The SMILES string of the molecule is Nc1ccc(Oc2cc[n+](N)cc2)cn1. The Kier molecular flexibility index (Phi) is 2.37. The lowest BCUT2D eigenvalue weighted by molar-refractivity contribution is -0.638. The Morgan fingerprint density at radius 3 is 2.40 bits per heavy atom. The van der Waals surface area contributed by atoms with Gasteiger partial charge in [0.15, 0.2) is 0 Å². The number of aromatic nitrogens is 2. The Bertz CT molecular complexity index is 394. The molecule has 0 saturated carbocycles. The van der Waals surface area contributed by atoms with Gasteiger partial charge >= 0.3 is 0 Å². The fourth-order valence-electron chi connectivity index (χ4n) is 1.08. The molecule has 0 atom stereocenters. The molecule has 0 saturated heterocycles. The predicted octanol–water partition coefficient (Wildman–Crippen LogP) is 0.457. The van der Waals surface area contributed by atoms with Crippen LogP contribution >= 0.6 is 0 Å². The maximum Gasteiger partial charge on any atom is 0.202 e. The first kappa shape index (κ1) is 9.26. The monoisotopic (exact) mass is 203 g/mol. The molecule has 0 aliphatic heterocycles. The molecule has 0 aliphatic carbocycles. The van der Waals surface area contributed by atoms with Crippen LogP contribution in [-0.4, -0.2) is 4.98 Å². The van der Waals surface area contributed by atoms with E-state index in [0.717, 1.165) is 0 Å². The Hall–Kier alpha value is -2.30. The van der Waals surface area contributed by atoms with Gasteiger partial charge in [-0.25, -0.2) is 10.8 Å². The van der Waals surface area contributed by atoms with E-state index in [1.165, 1.54) is 4.68 Å². The molecule has 15 heavy (non-hydrogen) atoms. The van der Waals surface area contributed by atoms with Gasteiger partial charge in [-0.3, -0.25) is 0 Å². The number of hydrogen-bond donors (Lipinski definition) is 2. The molecule has 5 heteroatoms. The zero-order valence-electron chi connectivity index (χ0n) is 8.00. The average Bonchev–Trinajstić information content (AvgIpc) is 2.25. The number of pyridine rings is 2. The van der Waals surface area contributed by atoms with E-state index in [4.69, 9.17) is 16.3 Å². The summed E-state index contributed by atoms with van der Waals surface area (Å²) in [5.74, 6) is 7.28. The smallest absolute Gasteiger partial charge is 0.202 e. The Balaban J connectivity index is 2.15. The number of nitrogens with two attached hydrogens (primary N) is 2. The van der Waals surface area contributed by atoms with E-state index >= 15 is 0 Å². The van der Waals surface area contributed by atoms with E-state index < -0.39 is 0 Å². The fourth-order valence-corrected chi connectivity index (χ4v) is 1.08. The van der Waals surface area contributed by atoms with Crippen molar-refractivity contribution in [2.75, 3.05) is 11.6 Å². The Labute approximate surface area is 86.9 Å². The molecule has 5 nitrogen and oxygen atoms in total. The van der Waals surface area contributed by atoms with Crippen LogP contribution in [0.5, 0.6) is 11.5 Å². The fraction of sp³-hybridized carbons (Fsp3) is 0. The summed E-state index contributed by atoms with van der Waals surface area (Å²) in [6, 6.07) is 6.96. The summed E-state index contributed by atoms with van der Waals surface area (Å²) >= 11 is 0. The summed E-state index contributed by atoms with van der Waals surface area (Å²) in [4.78, 5) is 3.92. The predicted molar refractivity (Wildman–Crippen MR) is 55.5 cm³/mol. The third-order valence-corrected chi connectivity index (χ3v) is 1.82. The van der Waals surface area contributed by atoms with Crippen molar-refractivity contribution in [3.05, 3.63) is 42.9 Å². The van der Waals surface area contributed by atoms with Gasteiger partial charge in [-0.05, 0) is 12.1 Å². The van der Waals surface area contributed by atoms with Crippen molar-refractivity contribution in [1.82, 2.24) is 4.98 Å². The first-order valence-electron chi connectivity index (χ1n) is 4.40. The lowest BCUT2D eigenvalue weighted by Gasteiger charge is -2.03. The van der Waals surface area contributed by atoms with Gasteiger partial charge < -0.3 is 10.5 Å². The van der Waals surface area contributed by atoms with Crippen molar-refractivity contribution in [3.8, 4) is 11.5 Å². The highest BCUT2D eigenvalue weighted by atomic mass is 16.5. The van der Waals surface area contributed by atoms with Crippen LogP contribution in [0.2, 0.25) is 0 Å². The van der Waals surface area contributed by atoms with E-state index in [0.29, 0.717) is 17.3 Å². The molecule has 0 aliphatic rings. The largest absolute Gasteiger partial charge is 0.455 e. The first-order valence-corrected chi connectivity index (χ1v) is 4.40. The van der Waals surface area contributed by atoms with Crippen LogP contribution in [0, 0.1) is 0 Å². The van der Waals surface area contributed by atoms with Crippen molar-refractivity contribution in [2.24, 2.45) is 0 Å². The molecule has 0 unspecified atom stereocenters. The van der Waals surface area contributed by atoms with Crippen LogP contribution in [0.25, 0.3) is 0 Å². The Morgan fingerprint density at radius 1 is 1.07 bits per heavy atom. The van der Waals surface area contributed by atoms with Crippen LogP contribution < -0.4 is 21.0 Å². The quantitative estimate of drug-likeness (QED) is 0.549. The second-order valence-corrected chi connectivity index (χ2v) is 3.00. The lowest BCUT2D eigenvalue weighted by atomic mass is 10.4. The van der Waals surface area contributed by atoms with Gasteiger partial charge in [0, 0.05) is 12.1 Å². The van der Waals surface area contributed by atoms with E-state index in [1.807, 2.05) is 0 Å². The van der Waals surface area contributed by atoms with Crippen molar-refractivity contribution in [3.63, 3.8) is 0 Å². The second-order valence-electron chi connectivity index (χ2n) is 3.00. The molecule has 0 bridgehead atoms. The molecule has 2 heterocycles. The maximum absolute atomic E-state index is 5.50. The molecule has 0 radical (unpaired) electrons. The highest BCUT2D eigenvalue weighted by Crippen LogP contribution is 2.19. The molecule has 0 aromatic carbocycles. The number of hydrogen-bond acceptors (Lipinski definition) is 4. The number of nitrogen functional groups attached to an aromatic ring is 2. The van der Waals surface area contributed by atoms with Gasteiger partial charge in [-0.15, -0.1) is 0 Å². The van der Waals surface area contributed by atoms with E-state index in [-0.39, 0.29) is 0 Å². The van der Waals surface area contributed by atoms with Crippen LogP contribution in [-0.2, 0) is 0 Å². The molecular formula is C10H11N4O+. The van der Waals surface area contributed by atoms with Crippen molar-refractivity contribution >= 4 is 5.82 Å². The summed E-state index contributed by atoms with van der Waals surface area (Å²) in [6.07, 6.45) is 4.96. The summed E-state index contributed by atoms with van der Waals surface area (Å²) in [7, 11) is 0. The molecule has 4 N–H and O–H groups in total. The molecule has 0 amide bonds. The van der Waals surface area contributed by atoms with E-state index in [1.54, 1.807) is 42.9 Å². The highest BCUT2D eigenvalue weighted by Gasteiger charge is 1.99. The molecule has 2 aromatic heterocycles. The standard InChI is InChI=1S/C10H11N4O/c11-10-2-1-9(7-13-10)15-8-3-5-14(12)6-4-8/h1-7H,12H2,(H2,11,13)/q+1. The normalized spacial score (nSPS) is 9.87. The molecule has 76 valence electrons. The topological polar surface area (TPSA) is 78.0 Å². The van der Waals surface area contributed by atoms with Crippen molar-refractivity contribution < 1.29 is 9.41 Å². The molecule has 0 fully saturated rings. The highest BCUT2D eigenvalue weighted by molar-refractivity contribution is 5.34. The van der Waals surface area contributed by atoms with Gasteiger partial charge in [0.1, 0.15) is 17.3 Å². The van der Waals surface area contributed by atoms with Crippen molar-refractivity contribution in [1.29, 1.82) is 0 Å². The minimum atomic E-state index is 0.468. The summed E-state index contributed by atoms with van der Waals surface area (Å²) in [5, 5.41) is 0. The van der Waals surface area contributed by atoms with Crippen LogP contribution in [0.1, 0.15) is 0 Å². The lowest BCUT2D eigenvalue weighted by Crippen LogP contribution is -2.43. The van der Waals surface area contributed by atoms with Crippen LogP contribution in [0.3, 0.4) is 0 Å². The summed E-state index contributed by atoms with van der Waals surface area (Å²) in [5.41, 5.74) is 5.45. The van der Waals surface area contributed by atoms with E-state index in [2.05, 4.69) is 4.98 Å². The van der Waals surface area contributed by atoms with Crippen LogP contribution in [0.4, 0.5) is 5.82 Å². The number of anilines is 1. The molecule has 2 rings (SSSR count). The third-order valence-electron chi connectivity index (χ3n) is 1.82. The number of ether oxygens (including phenoxy) is 1. The molecular weight excluding hydrogens is 192 g/mol. The first-order chi connectivity index (χ1) is 7.24. The minimum Gasteiger partial charge on any atom is -0.455 e. The second kappa shape index (κ2) is 3.83. The maximum atomic E-state index is 5.50. The van der Waals surface area contributed by atoms with Gasteiger partial charge in [0.25, 0.3) is 0 Å². The van der Waals surface area contributed by atoms with Crippen molar-refractivity contribution in [2.45, 2.75) is 0 Å². The third kappa shape index (κ3) is 2.34. The van der Waals surface area contributed by atoms with E-state index in [9.17, 15) is 0 Å². The number of nitrogens with zero attached hydrogens (tertiary/aromatic N) is 2. The molecule has 2 aromatic rings. The zero-order chi connectivity index (χ0) is 10.7. The van der Waals surface area contributed by atoms with Gasteiger partial charge in [-0.2, -0.15) is 0 Å². The number of rotatable bonds is 2. The molecule has 0 spiro atoms. The minimum absolute atomic E-state index is 0.468. The average molecular weight is 203 g/mol. The van der Waals surface area contributed by atoms with Crippen LogP contribution in [0.15, 0.2) is 42.9 Å². The summed E-state index contributed by atoms with van der Waals surface area (Å²) < 4.78 is 6.94. The van der Waals surface area contributed by atoms with Gasteiger partial charge in [0.05, 0.1) is 6.20 Å². The zero-order valence-corrected chi connectivity index (χ0v) is 8.00. The Morgan fingerprint density at radius 2 is 1.80 bits per heavy atom. The van der Waals surface area contributed by atoms with Gasteiger partial charge in [-0.1, -0.05) is 4.68 Å². The summed E-state index contributed by atoms with van der Waals surface area (Å²) in [6.45, 7) is 0.